The van der Waals surface area contributed by atoms with E-state index in [1.165, 1.54) is 0 Å². The lowest BCUT2D eigenvalue weighted by Crippen LogP contribution is -1.97. The van der Waals surface area contributed by atoms with Crippen molar-refractivity contribution in [1.82, 2.24) is 0 Å². The van der Waals surface area contributed by atoms with Crippen molar-refractivity contribution in [3.63, 3.8) is 0 Å². The average Bonchev–Trinajstić information content (AvgIpc) is 2.50. The Labute approximate surface area is 138 Å². The molecule has 0 aliphatic rings. The minimum absolute atomic E-state index is 0.306. The van der Waals surface area contributed by atoms with Gasteiger partial charge in [0, 0.05) is 16.5 Å². The molecule has 5 heteroatoms. The summed E-state index contributed by atoms with van der Waals surface area (Å²) < 4.78 is 0. The first-order valence-corrected chi connectivity index (χ1v) is 7.89. The van der Waals surface area contributed by atoms with Crippen LogP contribution in [0.5, 0.6) is 0 Å². The fourth-order valence-electron chi connectivity index (χ4n) is 1.42. The van der Waals surface area contributed by atoms with E-state index in [0.29, 0.717) is 15.7 Å². The number of alkyl halides is 1. The van der Waals surface area contributed by atoms with Crippen LogP contribution >= 0.6 is 39.1 Å². The van der Waals surface area contributed by atoms with Crippen molar-refractivity contribution in [3.8, 4) is 0 Å². The Morgan fingerprint density at radius 2 is 1.85 bits per heavy atom. The Morgan fingerprint density at radius 3 is 2.40 bits per heavy atom. The van der Waals surface area contributed by atoms with Crippen molar-refractivity contribution in [1.29, 1.82) is 0 Å². The zero-order chi connectivity index (χ0) is 15.0. The third-order valence-corrected chi connectivity index (χ3v) is 3.50. The number of hydrogen-bond acceptors (Lipinski definition) is 2. The molecule has 0 saturated carbocycles. The molecule has 0 saturated heterocycles. The van der Waals surface area contributed by atoms with E-state index in [0.717, 1.165) is 16.7 Å². The van der Waals surface area contributed by atoms with Gasteiger partial charge in [-0.15, -0.1) is 10.2 Å². The second-order valence-corrected chi connectivity index (χ2v) is 5.25. The van der Waals surface area contributed by atoms with E-state index in [-0.39, 0.29) is 0 Å². The monoisotopic (exact) mass is 372 g/mol. The summed E-state index contributed by atoms with van der Waals surface area (Å²) in [4.78, 5) is 0. The van der Waals surface area contributed by atoms with E-state index in [4.69, 9.17) is 23.2 Å². The van der Waals surface area contributed by atoms with Crippen LogP contribution in [0, 0.1) is 0 Å². The normalized spacial score (nSPS) is 14.7. The molecule has 0 radical (unpaired) electrons. The Kier molecular flexibility index (Phi) is 7.82. The van der Waals surface area contributed by atoms with E-state index in [1.807, 2.05) is 56.3 Å². The minimum Gasteiger partial charge on any atom is -0.136 e. The third kappa shape index (κ3) is 5.23. The van der Waals surface area contributed by atoms with Crippen LogP contribution in [0.1, 0.15) is 19.4 Å². The fraction of sp³-hybridized carbons (Fsp3) is 0.200. The zero-order valence-corrected chi connectivity index (χ0v) is 14.4. The highest BCUT2D eigenvalue weighted by molar-refractivity contribution is 9.09. The lowest BCUT2D eigenvalue weighted by molar-refractivity contribution is 1.25. The number of nitrogens with zero attached hydrogens (tertiary/aromatic N) is 2. The SMILES string of the molecule is C\C=C(C)/C(=C\CBr)C(/Cl)=N/N=C(\Cl)c1ccccc1. The van der Waals surface area contributed by atoms with E-state index < -0.39 is 0 Å². The highest BCUT2D eigenvalue weighted by atomic mass is 79.9. The van der Waals surface area contributed by atoms with Gasteiger partial charge in [0.05, 0.1) is 0 Å². The van der Waals surface area contributed by atoms with Crippen LogP contribution < -0.4 is 0 Å². The van der Waals surface area contributed by atoms with Gasteiger partial charge in [-0.2, -0.15) is 0 Å². The van der Waals surface area contributed by atoms with Crippen LogP contribution in [0.2, 0.25) is 0 Å². The predicted molar refractivity (Wildman–Crippen MR) is 93.4 cm³/mol. The molecule has 0 heterocycles. The van der Waals surface area contributed by atoms with Gasteiger partial charge in [0.15, 0.2) is 10.3 Å². The van der Waals surface area contributed by atoms with Crippen LogP contribution in [0.4, 0.5) is 0 Å². The van der Waals surface area contributed by atoms with Gasteiger partial charge < -0.3 is 0 Å². The smallest absolute Gasteiger partial charge is 0.136 e. The third-order valence-electron chi connectivity index (χ3n) is 2.60. The van der Waals surface area contributed by atoms with Crippen molar-refractivity contribution in [2.24, 2.45) is 10.2 Å². The summed E-state index contributed by atoms with van der Waals surface area (Å²) in [6.45, 7) is 3.91. The standard InChI is InChI=1S/C15H15BrCl2N2/c1-3-11(2)13(9-10-16)15(18)20-19-14(17)12-7-5-4-6-8-12/h3-9H,10H2,1-2H3/b11-3-,13-9+,19-14-,20-15-. The topological polar surface area (TPSA) is 24.7 Å². The number of allylic oxidation sites excluding steroid dienone is 4. The van der Waals surface area contributed by atoms with Gasteiger partial charge >= 0.3 is 0 Å². The molecular weight excluding hydrogens is 359 g/mol. The first-order chi connectivity index (χ1) is 9.60. The molecule has 2 nitrogen and oxygen atoms in total. The molecule has 0 aliphatic heterocycles. The summed E-state index contributed by atoms with van der Waals surface area (Å²) in [7, 11) is 0. The number of benzene rings is 1. The summed E-state index contributed by atoms with van der Waals surface area (Å²) in [5.74, 6) is 0. The molecule has 1 rings (SSSR count). The molecule has 0 unspecified atom stereocenters. The van der Waals surface area contributed by atoms with Crippen LogP contribution in [0.3, 0.4) is 0 Å². The van der Waals surface area contributed by atoms with Crippen LogP contribution in [-0.2, 0) is 0 Å². The van der Waals surface area contributed by atoms with Gasteiger partial charge in [0.1, 0.15) is 0 Å². The molecule has 0 atom stereocenters. The minimum atomic E-state index is 0.306. The summed E-state index contributed by atoms with van der Waals surface area (Å²) in [6.07, 6.45) is 3.90. The van der Waals surface area contributed by atoms with Gasteiger partial charge in [0.2, 0.25) is 0 Å². The molecule has 0 aromatic heterocycles. The maximum Gasteiger partial charge on any atom is 0.158 e. The second kappa shape index (κ2) is 9.11. The largest absolute Gasteiger partial charge is 0.158 e. The number of rotatable bonds is 5. The average molecular weight is 374 g/mol. The summed E-state index contributed by atoms with van der Waals surface area (Å²) >= 11 is 15.6. The van der Waals surface area contributed by atoms with Crippen molar-refractivity contribution >= 4 is 49.5 Å². The van der Waals surface area contributed by atoms with Crippen molar-refractivity contribution < 1.29 is 0 Å². The number of halogens is 3. The molecule has 0 aliphatic carbocycles. The highest BCUT2D eigenvalue weighted by Crippen LogP contribution is 2.15. The molecule has 20 heavy (non-hydrogen) atoms. The van der Waals surface area contributed by atoms with E-state index >= 15 is 0 Å². The Bertz CT molecular complexity index is 560. The molecule has 106 valence electrons. The molecule has 1 aromatic rings. The van der Waals surface area contributed by atoms with Crippen LogP contribution in [-0.4, -0.2) is 15.7 Å². The molecule has 0 N–H and O–H groups in total. The van der Waals surface area contributed by atoms with Gasteiger partial charge in [-0.3, -0.25) is 0 Å². The molecule has 0 bridgehead atoms. The van der Waals surface area contributed by atoms with Crippen molar-refractivity contribution in [3.05, 3.63) is 59.2 Å². The maximum absolute atomic E-state index is 6.19. The summed E-state index contributed by atoms with van der Waals surface area (Å²) in [5.41, 5.74) is 2.67. The first kappa shape index (κ1) is 17.2. The molecular formula is C15H15BrCl2N2. The van der Waals surface area contributed by atoms with Crippen molar-refractivity contribution in [2.45, 2.75) is 13.8 Å². The van der Waals surface area contributed by atoms with Gasteiger partial charge in [-0.25, -0.2) is 0 Å². The van der Waals surface area contributed by atoms with Crippen LogP contribution in [0.15, 0.2) is 63.8 Å². The van der Waals surface area contributed by atoms with E-state index in [9.17, 15) is 0 Å². The predicted octanol–water partition coefficient (Wildman–Crippen LogP) is 5.51. The Morgan fingerprint density at radius 1 is 1.20 bits per heavy atom. The second-order valence-electron chi connectivity index (χ2n) is 3.89. The Hall–Kier alpha value is -0.900. The quantitative estimate of drug-likeness (QED) is 0.281. The summed E-state index contributed by atoms with van der Waals surface area (Å²) in [6, 6.07) is 9.41. The molecule has 1 aromatic carbocycles. The number of hydrogen-bond donors (Lipinski definition) is 0. The van der Waals surface area contributed by atoms with Gasteiger partial charge in [-0.05, 0) is 19.4 Å². The summed E-state index contributed by atoms with van der Waals surface area (Å²) in [5, 5.41) is 9.27. The molecule has 0 fully saturated rings. The fourth-order valence-corrected chi connectivity index (χ4v) is 2.17. The lowest BCUT2D eigenvalue weighted by atomic mass is 10.1. The molecule has 0 amide bonds. The Balaban J connectivity index is 3.01. The van der Waals surface area contributed by atoms with Crippen molar-refractivity contribution in [2.75, 3.05) is 5.33 Å². The highest BCUT2D eigenvalue weighted by Gasteiger charge is 2.06. The van der Waals surface area contributed by atoms with E-state index in [1.54, 1.807) is 0 Å². The van der Waals surface area contributed by atoms with Crippen LogP contribution in [0.25, 0.3) is 0 Å². The maximum atomic E-state index is 6.19. The molecule has 0 spiro atoms. The lowest BCUT2D eigenvalue weighted by Gasteiger charge is -2.04. The van der Waals surface area contributed by atoms with Gasteiger partial charge in [-0.1, -0.05) is 81.6 Å². The van der Waals surface area contributed by atoms with Gasteiger partial charge in [0.25, 0.3) is 0 Å². The van der Waals surface area contributed by atoms with E-state index in [2.05, 4.69) is 26.1 Å². The zero-order valence-electron chi connectivity index (χ0n) is 11.3. The first-order valence-electron chi connectivity index (χ1n) is 6.02.